The fraction of sp³-hybridized carbons (Fsp3) is 1.00. The summed E-state index contributed by atoms with van der Waals surface area (Å²) in [7, 11) is 0. The number of ether oxygens (including phenoxy) is 1. The van der Waals surface area contributed by atoms with Crippen LogP contribution in [0.2, 0.25) is 0 Å². The maximum Gasteiger partial charge on any atom is 0.253 e. The lowest BCUT2D eigenvalue weighted by atomic mass is 9.41. The summed E-state index contributed by atoms with van der Waals surface area (Å²) in [5, 5.41) is 33.9. The molecule has 0 aromatic rings. The zero-order chi connectivity index (χ0) is 26.5. The first-order valence-electron chi connectivity index (χ1n) is 14.5. The van der Waals surface area contributed by atoms with Gasteiger partial charge in [0.1, 0.15) is 0 Å². The van der Waals surface area contributed by atoms with Gasteiger partial charge in [-0.05, 0) is 99.7 Å². The van der Waals surface area contributed by atoms with Gasteiger partial charge in [0.2, 0.25) is 0 Å². The van der Waals surface area contributed by atoms with Gasteiger partial charge < -0.3 is 20.1 Å². The van der Waals surface area contributed by atoms with Crippen molar-refractivity contribution in [2.45, 2.75) is 142 Å². The molecule has 6 fully saturated rings. The number of aliphatic hydroxyl groups excluding tert-OH is 2. The molecule has 5 saturated carbocycles. The molecular formula is C30H48F2O4. The molecule has 0 radical (unpaired) electrons. The number of halogens is 2. The molecule has 1 saturated heterocycles. The second-order valence-electron chi connectivity index (χ2n) is 15.9. The highest BCUT2D eigenvalue weighted by Gasteiger charge is 2.86. The molecule has 206 valence electrons. The molecule has 0 bridgehead atoms. The van der Waals surface area contributed by atoms with E-state index in [4.69, 9.17) is 4.74 Å². The standard InChI is InChI=1S/C30H48F2O4/c1-23(2)21-17(33)14-19-26(6)15-18(34)22(27(7)9-8-20(36-27)24(3,4)35)25(26,5)10-11-28(19)16-29(21,28)12-13-30(23,31)32/h17-22,33-35H,8-16H2,1-7H3/t17-,18-,19-,20-,21-,22-,25+,26-,27-,28-,29+/m0/s1. The molecule has 4 nitrogen and oxygen atoms in total. The summed E-state index contributed by atoms with van der Waals surface area (Å²) < 4.78 is 36.9. The van der Waals surface area contributed by atoms with Crippen LogP contribution >= 0.6 is 0 Å². The van der Waals surface area contributed by atoms with Crippen molar-refractivity contribution in [3.63, 3.8) is 0 Å². The van der Waals surface area contributed by atoms with E-state index < -0.39 is 34.7 Å². The van der Waals surface area contributed by atoms with Crippen LogP contribution in [0.1, 0.15) is 106 Å². The van der Waals surface area contributed by atoms with Gasteiger partial charge in [0, 0.05) is 23.7 Å². The summed E-state index contributed by atoms with van der Waals surface area (Å²) in [6.07, 6.45) is 4.62. The van der Waals surface area contributed by atoms with Gasteiger partial charge in [0.05, 0.1) is 29.5 Å². The highest BCUT2D eigenvalue weighted by Crippen LogP contribution is 2.89. The molecule has 6 aliphatic rings. The zero-order valence-electron chi connectivity index (χ0n) is 23.3. The molecule has 36 heavy (non-hydrogen) atoms. The van der Waals surface area contributed by atoms with E-state index in [1.165, 1.54) is 0 Å². The minimum atomic E-state index is -2.76. The van der Waals surface area contributed by atoms with Crippen molar-refractivity contribution in [2.24, 2.45) is 44.8 Å². The lowest BCUT2D eigenvalue weighted by Crippen LogP contribution is -2.63. The molecule has 1 heterocycles. The minimum Gasteiger partial charge on any atom is -0.393 e. The van der Waals surface area contributed by atoms with E-state index in [1.54, 1.807) is 27.7 Å². The van der Waals surface area contributed by atoms with Crippen molar-refractivity contribution in [3.05, 3.63) is 0 Å². The average Bonchev–Trinajstić information content (AvgIpc) is 3.09. The molecule has 6 rings (SSSR count). The van der Waals surface area contributed by atoms with Crippen LogP contribution in [0, 0.1) is 44.8 Å². The average molecular weight is 511 g/mol. The van der Waals surface area contributed by atoms with Crippen molar-refractivity contribution in [2.75, 3.05) is 0 Å². The second-order valence-corrected chi connectivity index (χ2v) is 15.9. The first kappa shape index (κ1) is 26.0. The predicted octanol–water partition coefficient (Wildman–Crippen LogP) is 5.71. The first-order chi connectivity index (χ1) is 16.3. The molecule has 2 spiro atoms. The third kappa shape index (κ3) is 2.74. The molecule has 0 amide bonds. The summed E-state index contributed by atoms with van der Waals surface area (Å²) >= 11 is 0. The Morgan fingerprint density at radius 3 is 2.06 bits per heavy atom. The van der Waals surface area contributed by atoms with Crippen LogP contribution in [0.5, 0.6) is 0 Å². The number of hydrogen-bond acceptors (Lipinski definition) is 4. The van der Waals surface area contributed by atoms with E-state index in [2.05, 4.69) is 20.8 Å². The van der Waals surface area contributed by atoms with Crippen LogP contribution in [-0.2, 0) is 4.74 Å². The Morgan fingerprint density at radius 2 is 1.44 bits per heavy atom. The number of alkyl halides is 2. The predicted molar refractivity (Wildman–Crippen MR) is 133 cm³/mol. The Balaban J connectivity index is 1.37. The summed E-state index contributed by atoms with van der Waals surface area (Å²) in [5.41, 5.74) is -3.25. The van der Waals surface area contributed by atoms with Gasteiger partial charge in [-0.2, -0.15) is 0 Å². The van der Waals surface area contributed by atoms with Gasteiger partial charge >= 0.3 is 0 Å². The molecular weight excluding hydrogens is 462 g/mol. The summed E-state index contributed by atoms with van der Waals surface area (Å²) in [6, 6.07) is 0. The van der Waals surface area contributed by atoms with Gasteiger partial charge in [0.15, 0.2) is 0 Å². The highest BCUT2D eigenvalue weighted by atomic mass is 19.3. The van der Waals surface area contributed by atoms with Crippen LogP contribution in [0.4, 0.5) is 8.78 Å². The van der Waals surface area contributed by atoms with Gasteiger partial charge in [-0.15, -0.1) is 0 Å². The Kier molecular flexibility index (Phi) is 4.96. The summed E-state index contributed by atoms with van der Waals surface area (Å²) in [5.74, 6) is -2.97. The largest absolute Gasteiger partial charge is 0.393 e. The molecule has 1 aliphatic heterocycles. The van der Waals surface area contributed by atoms with Crippen LogP contribution in [-0.4, -0.2) is 50.8 Å². The fourth-order valence-electron chi connectivity index (χ4n) is 12.1. The van der Waals surface area contributed by atoms with E-state index >= 15 is 8.78 Å². The quantitative estimate of drug-likeness (QED) is 0.445. The Bertz CT molecular complexity index is 961. The van der Waals surface area contributed by atoms with Crippen LogP contribution in [0.25, 0.3) is 0 Å². The van der Waals surface area contributed by atoms with Crippen molar-refractivity contribution < 1.29 is 28.8 Å². The molecule has 3 N–H and O–H groups in total. The van der Waals surface area contributed by atoms with Gasteiger partial charge in [-0.3, -0.25) is 0 Å². The maximum atomic E-state index is 15.1. The van der Waals surface area contributed by atoms with E-state index in [-0.39, 0.29) is 51.9 Å². The molecule has 0 aromatic heterocycles. The number of fused-ring (bicyclic) bond motifs is 2. The second kappa shape index (κ2) is 6.88. The normalized spacial score (nSPS) is 59.0. The maximum absolute atomic E-state index is 15.1. The van der Waals surface area contributed by atoms with Crippen LogP contribution < -0.4 is 0 Å². The van der Waals surface area contributed by atoms with E-state index in [0.717, 1.165) is 32.1 Å². The topological polar surface area (TPSA) is 69.9 Å². The van der Waals surface area contributed by atoms with E-state index in [9.17, 15) is 15.3 Å². The summed E-state index contributed by atoms with van der Waals surface area (Å²) in [6.45, 7) is 13.8. The Morgan fingerprint density at radius 1 is 0.806 bits per heavy atom. The SMILES string of the molecule is CC(C)(O)[C@@H]1CC[C@@](C)([C@H]2[C@@H](O)C[C@@]3(C)[C@@H]4C[C@H](O)[C@H]5C(C)(C)C(F)(F)CC[C@@]56C[C@@]46CC[C@]23C)O1. The van der Waals surface area contributed by atoms with Crippen molar-refractivity contribution in [1.82, 2.24) is 0 Å². The Labute approximate surface area is 215 Å². The van der Waals surface area contributed by atoms with Gasteiger partial charge in [0.25, 0.3) is 5.92 Å². The van der Waals surface area contributed by atoms with Gasteiger partial charge in [-0.25, -0.2) is 8.78 Å². The third-order valence-electron chi connectivity index (χ3n) is 13.9. The lowest BCUT2D eigenvalue weighted by Gasteiger charge is -2.64. The van der Waals surface area contributed by atoms with Crippen molar-refractivity contribution >= 4 is 0 Å². The monoisotopic (exact) mass is 510 g/mol. The first-order valence-corrected chi connectivity index (χ1v) is 14.5. The molecule has 11 atom stereocenters. The molecule has 5 aliphatic carbocycles. The fourth-order valence-corrected chi connectivity index (χ4v) is 12.1. The minimum absolute atomic E-state index is 0.000595. The molecule has 0 unspecified atom stereocenters. The van der Waals surface area contributed by atoms with Crippen molar-refractivity contribution in [3.8, 4) is 0 Å². The Hall–Kier alpha value is -0.300. The van der Waals surface area contributed by atoms with E-state index in [0.29, 0.717) is 19.3 Å². The molecule has 6 heteroatoms. The number of rotatable bonds is 2. The van der Waals surface area contributed by atoms with Crippen molar-refractivity contribution in [1.29, 1.82) is 0 Å². The van der Waals surface area contributed by atoms with Gasteiger partial charge in [-0.1, -0.05) is 27.7 Å². The summed E-state index contributed by atoms with van der Waals surface area (Å²) in [4.78, 5) is 0. The smallest absolute Gasteiger partial charge is 0.253 e. The molecule has 0 aromatic carbocycles. The number of hydrogen-bond donors (Lipinski definition) is 3. The van der Waals surface area contributed by atoms with Crippen LogP contribution in [0.3, 0.4) is 0 Å². The zero-order valence-corrected chi connectivity index (χ0v) is 23.3. The highest BCUT2D eigenvalue weighted by molar-refractivity contribution is 5.33. The van der Waals surface area contributed by atoms with E-state index in [1.807, 2.05) is 0 Å². The van der Waals surface area contributed by atoms with Crippen LogP contribution in [0.15, 0.2) is 0 Å². The third-order valence-corrected chi connectivity index (χ3v) is 13.9. The lowest BCUT2D eigenvalue weighted by molar-refractivity contribution is -0.247. The number of aliphatic hydroxyl groups is 3.